The van der Waals surface area contributed by atoms with Gasteiger partial charge in [0.1, 0.15) is 0 Å². The van der Waals surface area contributed by atoms with Gasteiger partial charge in [0.25, 0.3) is 0 Å². The summed E-state index contributed by atoms with van der Waals surface area (Å²) in [4.78, 5) is 13.5. The van der Waals surface area contributed by atoms with Gasteiger partial charge in [-0.05, 0) is 12.1 Å². The van der Waals surface area contributed by atoms with Crippen LogP contribution in [0.2, 0.25) is 5.02 Å². The summed E-state index contributed by atoms with van der Waals surface area (Å²) < 4.78 is 1.93. The van der Waals surface area contributed by atoms with Crippen LogP contribution in [0.4, 0.5) is 0 Å². The second-order valence-corrected chi connectivity index (χ2v) is 5.53. The van der Waals surface area contributed by atoms with E-state index in [-0.39, 0.29) is 5.91 Å². The van der Waals surface area contributed by atoms with Crippen molar-refractivity contribution in [2.75, 3.05) is 6.54 Å². The SMILES string of the molecule is CC(=O)N1CCc2c(c(-c3ccc(Cl)cc3)nn2C)C1. The van der Waals surface area contributed by atoms with E-state index in [2.05, 4.69) is 5.10 Å². The third kappa shape index (κ3) is 2.20. The lowest BCUT2D eigenvalue weighted by Gasteiger charge is -2.26. The zero-order valence-electron chi connectivity index (χ0n) is 11.6. The van der Waals surface area contributed by atoms with Crippen LogP contribution in [0.25, 0.3) is 11.3 Å². The van der Waals surface area contributed by atoms with Gasteiger partial charge in [0.05, 0.1) is 5.69 Å². The van der Waals surface area contributed by atoms with E-state index in [1.54, 1.807) is 6.92 Å². The zero-order valence-corrected chi connectivity index (χ0v) is 12.3. The average Bonchev–Trinajstić information content (AvgIpc) is 2.76. The van der Waals surface area contributed by atoms with Crippen molar-refractivity contribution < 1.29 is 4.79 Å². The first-order valence-corrected chi connectivity index (χ1v) is 7.00. The maximum atomic E-state index is 11.6. The van der Waals surface area contributed by atoms with E-state index < -0.39 is 0 Å². The van der Waals surface area contributed by atoms with Crippen molar-refractivity contribution in [3.63, 3.8) is 0 Å². The highest BCUT2D eigenvalue weighted by Crippen LogP contribution is 2.30. The Morgan fingerprint density at radius 1 is 1.30 bits per heavy atom. The lowest BCUT2D eigenvalue weighted by Crippen LogP contribution is -2.34. The van der Waals surface area contributed by atoms with Crippen molar-refractivity contribution in [1.29, 1.82) is 0 Å². The van der Waals surface area contributed by atoms with Gasteiger partial charge in [-0.3, -0.25) is 9.48 Å². The molecular weight excluding hydrogens is 274 g/mol. The Morgan fingerprint density at radius 3 is 2.65 bits per heavy atom. The zero-order chi connectivity index (χ0) is 14.3. The monoisotopic (exact) mass is 289 g/mol. The average molecular weight is 290 g/mol. The normalized spacial score (nSPS) is 14.2. The third-order valence-electron chi connectivity index (χ3n) is 3.81. The standard InChI is InChI=1S/C15H16ClN3O/c1-10(20)19-8-7-14-13(9-19)15(17-18(14)2)11-3-5-12(16)6-4-11/h3-6H,7-9H2,1-2H3. The van der Waals surface area contributed by atoms with Crippen LogP contribution in [0.3, 0.4) is 0 Å². The minimum Gasteiger partial charge on any atom is -0.338 e. The molecule has 0 aliphatic carbocycles. The first-order valence-electron chi connectivity index (χ1n) is 6.62. The van der Waals surface area contributed by atoms with Gasteiger partial charge in [0.15, 0.2) is 0 Å². The molecule has 0 bridgehead atoms. The van der Waals surface area contributed by atoms with Gasteiger partial charge < -0.3 is 4.90 Å². The highest BCUT2D eigenvalue weighted by atomic mass is 35.5. The van der Waals surface area contributed by atoms with E-state index >= 15 is 0 Å². The predicted octanol–water partition coefficient (Wildman–Crippen LogP) is 2.65. The smallest absolute Gasteiger partial charge is 0.219 e. The summed E-state index contributed by atoms with van der Waals surface area (Å²) in [5, 5.41) is 5.33. The van der Waals surface area contributed by atoms with E-state index in [0.717, 1.165) is 29.8 Å². The highest BCUT2D eigenvalue weighted by Gasteiger charge is 2.25. The molecule has 1 aliphatic rings. The van der Waals surface area contributed by atoms with Crippen LogP contribution in [0.1, 0.15) is 18.2 Å². The van der Waals surface area contributed by atoms with Crippen LogP contribution in [-0.2, 0) is 24.8 Å². The number of benzene rings is 1. The Hall–Kier alpha value is -1.81. The Morgan fingerprint density at radius 2 is 2.00 bits per heavy atom. The van der Waals surface area contributed by atoms with Gasteiger partial charge >= 0.3 is 0 Å². The summed E-state index contributed by atoms with van der Waals surface area (Å²) in [6.07, 6.45) is 0.853. The number of fused-ring (bicyclic) bond motifs is 1. The molecule has 1 aromatic heterocycles. The summed E-state index contributed by atoms with van der Waals surface area (Å²) in [5.74, 6) is 0.113. The van der Waals surface area contributed by atoms with E-state index in [4.69, 9.17) is 11.6 Å². The number of halogens is 1. The van der Waals surface area contributed by atoms with Crippen LogP contribution < -0.4 is 0 Å². The molecule has 0 fully saturated rings. The molecule has 20 heavy (non-hydrogen) atoms. The van der Waals surface area contributed by atoms with Crippen molar-refractivity contribution in [2.24, 2.45) is 7.05 Å². The fourth-order valence-electron chi connectivity index (χ4n) is 2.70. The Balaban J connectivity index is 2.05. The van der Waals surface area contributed by atoms with Crippen LogP contribution in [0.15, 0.2) is 24.3 Å². The predicted molar refractivity (Wildman–Crippen MR) is 78.4 cm³/mol. The minimum absolute atomic E-state index is 0.113. The van der Waals surface area contributed by atoms with Crippen molar-refractivity contribution in [3.8, 4) is 11.3 Å². The topological polar surface area (TPSA) is 38.1 Å². The van der Waals surface area contributed by atoms with Gasteiger partial charge in [-0.2, -0.15) is 5.10 Å². The minimum atomic E-state index is 0.113. The molecule has 2 heterocycles. The van der Waals surface area contributed by atoms with Crippen molar-refractivity contribution in [2.45, 2.75) is 19.9 Å². The summed E-state index contributed by atoms with van der Waals surface area (Å²) in [7, 11) is 1.96. The molecule has 1 aliphatic heterocycles. The van der Waals surface area contributed by atoms with Crippen LogP contribution in [-0.4, -0.2) is 27.1 Å². The molecule has 0 saturated heterocycles. The molecule has 0 radical (unpaired) electrons. The number of hydrogen-bond donors (Lipinski definition) is 0. The molecule has 5 heteroatoms. The summed E-state index contributed by atoms with van der Waals surface area (Å²) in [5.41, 5.74) is 4.35. The molecule has 0 N–H and O–H groups in total. The van der Waals surface area contributed by atoms with Crippen molar-refractivity contribution in [1.82, 2.24) is 14.7 Å². The Labute approximate surface area is 123 Å². The third-order valence-corrected chi connectivity index (χ3v) is 4.06. The summed E-state index contributed by atoms with van der Waals surface area (Å²) in [6.45, 7) is 3.02. The maximum Gasteiger partial charge on any atom is 0.219 e. The van der Waals surface area contributed by atoms with Gasteiger partial charge in [0.2, 0.25) is 5.91 Å². The van der Waals surface area contributed by atoms with Crippen molar-refractivity contribution >= 4 is 17.5 Å². The first kappa shape index (κ1) is 13.2. The molecule has 4 nitrogen and oxygen atoms in total. The lowest BCUT2D eigenvalue weighted by molar-refractivity contribution is -0.129. The lowest BCUT2D eigenvalue weighted by atomic mass is 10.0. The van der Waals surface area contributed by atoms with Gasteiger partial charge in [-0.25, -0.2) is 0 Å². The van der Waals surface area contributed by atoms with E-state index in [0.29, 0.717) is 11.6 Å². The number of amides is 1. The largest absolute Gasteiger partial charge is 0.338 e. The van der Waals surface area contributed by atoms with Crippen molar-refractivity contribution in [3.05, 3.63) is 40.5 Å². The molecule has 0 atom stereocenters. The molecular formula is C15H16ClN3O. The number of rotatable bonds is 1. The number of nitrogens with zero attached hydrogens (tertiary/aromatic N) is 3. The Bertz CT molecular complexity index is 661. The molecule has 3 rings (SSSR count). The maximum absolute atomic E-state index is 11.6. The molecule has 1 aromatic carbocycles. The molecule has 104 valence electrons. The quantitative estimate of drug-likeness (QED) is 0.809. The number of carbonyl (C=O) groups excluding carboxylic acids is 1. The fourth-order valence-corrected chi connectivity index (χ4v) is 2.83. The number of carbonyl (C=O) groups is 1. The number of aryl methyl sites for hydroxylation is 1. The molecule has 2 aromatic rings. The first-order chi connectivity index (χ1) is 9.56. The Kier molecular flexibility index (Phi) is 3.26. The summed E-state index contributed by atoms with van der Waals surface area (Å²) >= 11 is 5.93. The molecule has 0 saturated carbocycles. The van der Waals surface area contributed by atoms with Crippen LogP contribution >= 0.6 is 11.6 Å². The second-order valence-electron chi connectivity index (χ2n) is 5.09. The van der Waals surface area contributed by atoms with Crippen LogP contribution in [0, 0.1) is 0 Å². The molecule has 0 unspecified atom stereocenters. The van der Waals surface area contributed by atoms with E-state index in [1.165, 1.54) is 5.69 Å². The van der Waals surface area contributed by atoms with Gasteiger partial charge in [-0.15, -0.1) is 0 Å². The van der Waals surface area contributed by atoms with Gasteiger partial charge in [-0.1, -0.05) is 23.7 Å². The van der Waals surface area contributed by atoms with E-state index in [9.17, 15) is 4.79 Å². The van der Waals surface area contributed by atoms with E-state index in [1.807, 2.05) is 40.9 Å². The number of aromatic nitrogens is 2. The van der Waals surface area contributed by atoms with Gasteiger partial charge in [0, 0.05) is 55.3 Å². The molecule has 1 amide bonds. The fraction of sp³-hybridized carbons (Fsp3) is 0.333. The molecule has 0 spiro atoms. The highest BCUT2D eigenvalue weighted by molar-refractivity contribution is 6.30. The van der Waals surface area contributed by atoms with Crippen LogP contribution in [0.5, 0.6) is 0 Å². The second kappa shape index (κ2) is 4.94. The summed E-state index contributed by atoms with van der Waals surface area (Å²) in [6, 6.07) is 7.67. The number of hydrogen-bond acceptors (Lipinski definition) is 2.